The molecule has 2 amide bonds. The summed E-state index contributed by atoms with van der Waals surface area (Å²) in [6.45, 7) is 0. The molecule has 1 aromatic carbocycles. The molecule has 1 saturated heterocycles. The van der Waals surface area contributed by atoms with Gasteiger partial charge in [0.1, 0.15) is 11.6 Å². The first kappa shape index (κ1) is 12.5. The van der Waals surface area contributed by atoms with Crippen molar-refractivity contribution in [3.8, 4) is 0 Å². The molecule has 1 fully saturated rings. The first-order chi connectivity index (χ1) is 8.49. The second-order valence-corrected chi connectivity index (χ2v) is 4.16. The maximum Gasteiger partial charge on any atom is 0.414 e. The Kier molecular flexibility index (Phi) is 3.27. The van der Waals surface area contributed by atoms with E-state index in [1.54, 1.807) is 0 Å². The zero-order valence-electron chi connectivity index (χ0n) is 9.40. The van der Waals surface area contributed by atoms with Crippen molar-refractivity contribution < 1.29 is 23.5 Å². The predicted molar refractivity (Wildman–Crippen MR) is 57.8 cm³/mol. The van der Waals surface area contributed by atoms with Crippen LogP contribution < -0.4 is 0 Å². The molecule has 0 spiro atoms. The van der Waals surface area contributed by atoms with E-state index in [1.165, 1.54) is 0 Å². The van der Waals surface area contributed by atoms with Crippen LogP contribution in [-0.2, 0) is 4.79 Å². The summed E-state index contributed by atoms with van der Waals surface area (Å²) in [6.07, 6.45) is -0.373. The molecule has 4 nitrogen and oxygen atoms in total. The fourth-order valence-corrected chi connectivity index (χ4v) is 2.19. The molecule has 6 heteroatoms. The standard InChI is InChI=1S/C12H11F2NO3/c13-8-4-7(5-9(14)6-8)10-2-1-3-11(16)15(10)12(17)18/h4-6,10H,1-3H2,(H,17,18)/t10-/m0/s1. The molecule has 0 radical (unpaired) electrons. The minimum atomic E-state index is -1.39. The summed E-state index contributed by atoms with van der Waals surface area (Å²) in [5, 5.41) is 9.00. The summed E-state index contributed by atoms with van der Waals surface area (Å²) in [4.78, 5) is 23.2. The zero-order chi connectivity index (χ0) is 13.3. The molecule has 0 aromatic heterocycles. The molecule has 0 bridgehead atoms. The first-order valence-electron chi connectivity index (χ1n) is 5.50. The minimum Gasteiger partial charge on any atom is -0.465 e. The molecule has 18 heavy (non-hydrogen) atoms. The van der Waals surface area contributed by atoms with Crippen molar-refractivity contribution in [2.75, 3.05) is 0 Å². The summed E-state index contributed by atoms with van der Waals surface area (Å²) < 4.78 is 26.2. The Balaban J connectivity index is 2.40. The van der Waals surface area contributed by atoms with Crippen LogP contribution in [0.2, 0.25) is 0 Å². The minimum absolute atomic E-state index is 0.139. The van der Waals surface area contributed by atoms with Crippen molar-refractivity contribution >= 4 is 12.0 Å². The summed E-state index contributed by atoms with van der Waals surface area (Å²) in [7, 11) is 0. The van der Waals surface area contributed by atoms with Crippen LogP contribution in [-0.4, -0.2) is 22.0 Å². The molecule has 1 atom stereocenters. The Hall–Kier alpha value is -1.98. The highest BCUT2D eigenvalue weighted by Gasteiger charge is 2.34. The average molecular weight is 255 g/mol. The van der Waals surface area contributed by atoms with Crippen LogP contribution in [0.3, 0.4) is 0 Å². The van der Waals surface area contributed by atoms with Crippen LogP contribution in [0.25, 0.3) is 0 Å². The van der Waals surface area contributed by atoms with Gasteiger partial charge in [-0.3, -0.25) is 4.79 Å². The maximum atomic E-state index is 13.1. The number of likely N-dealkylation sites (tertiary alicyclic amines) is 1. The van der Waals surface area contributed by atoms with Crippen molar-refractivity contribution in [2.24, 2.45) is 0 Å². The van der Waals surface area contributed by atoms with Gasteiger partial charge in [0.05, 0.1) is 6.04 Å². The number of benzene rings is 1. The second kappa shape index (κ2) is 4.72. The van der Waals surface area contributed by atoms with Crippen molar-refractivity contribution in [1.29, 1.82) is 0 Å². The van der Waals surface area contributed by atoms with E-state index in [1.807, 2.05) is 0 Å². The summed E-state index contributed by atoms with van der Waals surface area (Å²) in [5.41, 5.74) is 0.169. The molecule has 96 valence electrons. The van der Waals surface area contributed by atoms with Gasteiger partial charge in [-0.1, -0.05) is 0 Å². The Bertz CT molecular complexity index is 484. The number of imide groups is 1. The third kappa shape index (κ3) is 2.32. The molecule has 1 aliphatic heterocycles. The molecule has 1 heterocycles. The quantitative estimate of drug-likeness (QED) is 0.839. The first-order valence-corrected chi connectivity index (χ1v) is 5.50. The van der Waals surface area contributed by atoms with Gasteiger partial charge in [-0.05, 0) is 30.5 Å². The van der Waals surface area contributed by atoms with Gasteiger partial charge in [0, 0.05) is 12.5 Å². The third-order valence-corrected chi connectivity index (χ3v) is 2.92. The van der Waals surface area contributed by atoms with Crippen LogP contribution in [0.15, 0.2) is 18.2 Å². The molecular formula is C12H11F2NO3. The lowest BCUT2D eigenvalue weighted by molar-refractivity contribution is -0.133. The summed E-state index contributed by atoms with van der Waals surface area (Å²) >= 11 is 0. The maximum absolute atomic E-state index is 13.1. The van der Waals surface area contributed by atoms with Gasteiger partial charge in [-0.15, -0.1) is 0 Å². The van der Waals surface area contributed by atoms with Crippen molar-refractivity contribution in [2.45, 2.75) is 25.3 Å². The van der Waals surface area contributed by atoms with Gasteiger partial charge in [0.15, 0.2) is 0 Å². The molecule has 1 aromatic rings. The van der Waals surface area contributed by atoms with E-state index in [-0.39, 0.29) is 12.0 Å². The van der Waals surface area contributed by atoms with Crippen LogP contribution in [0, 0.1) is 11.6 Å². The zero-order valence-corrected chi connectivity index (χ0v) is 9.40. The molecule has 1 N–H and O–H groups in total. The number of hydrogen-bond acceptors (Lipinski definition) is 2. The van der Waals surface area contributed by atoms with E-state index < -0.39 is 29.7 Å². The van der Waals surface area contributed by atoms with E-state index in [2.05, 4.69) is 0 Å². The van der Waals surface area contributed by atoms with E-state index >= 15 is 0 Å². The Morgan fingerprint density at radius 2 is 1.89 bits per heavy atom. The largest absolute Gasteiger partial charge is 0.465 e. The lowest BCUT2D eigenvalue weighted by Gasteiger charge is -2.32. The van der Waals surface area contributed by atoms with Crippen LogP contribution in [0.1, 0.15) is 30.9 Å². The molecule has 2 rings (SSSR count). The number of carboxylic acid groups (broad SMARTS) is 1. The van der Waals surface area contributed by atoms with Crippen molar-refractivity contribution in [1.82, 2.24) is 4.90 Å². The van der Waals surface area contributed by atoms with E-state index in [9.17, 15) is 18.4 Å². The van der Waals surface area contributed by atoms with Crippen LogP contribution in [0.4, 0.5) is 13.6 Å². The van der Waals surface area contributed by atoms with E-state index in [4.69, 9.17) is 5.11 Å². The SMILES string of the molecule is O=C(O)N1C(=O)CCC[C@H]1c1cc(F)cc(F)c1. The summed E-state index contributed by atoms with van der Waals surface area (Å²) in [6, 6.07) is 2.01. The fraction of sp³-hybridized carbons (Fsp3) is 0.333. The molecule has 0 unspecified atom stereocenters. The van der Waals surface area contributed by atoms with Crippen molar-refractivity contribution in [3.05, 3.63) is 35.4 Å². The molecule has 0 saturated carbocycles. The Morgan fingerprint density at radius 1 is 1.28 bits per heavy atom. The average Bonchev–Trinajstić information content (AvgIpc) is 2.26. The molecule has 0 aliphatic carbocycles. The van der Waals surface area contributed by atoms with Gasteiger partial charge in [-0.2, -0.15) is 0 Å². The van der Waals surface area contributed by atoms with Gasteiger partial charge in [-0.25, -0.2) is 18.5 Å². The monoisotopic (exact) mass is 255 g/mol. The highest BCUT2D eigenvalue weighted by atomic mass is 19.1. The lowest BCUT2D eigenvalue weighted by Crippen LogP contribution is -2.41. The Morgan fingerprint density at radius 3 is 2.44 bits per heavy atom. The topological polar surface area (TPSA) is 57.6 Å². The number of nitrogens with zero attached hydrogens (tertiary/aromatic N) is 1. The number of amides is 2. The third-order valence-electron chi connectivity index (χ3n) is 2.92. The van der Waals surface area contributed by atoms with E-state index in [0.29, 0.717) is 23.8 Å². The molecular weight excluding hydrogens is 244 g/mol. The number of hydrogen-bond donors (Lipinski definition) is 1. The number of halogens is 2. The van der Waals surface area contributed by atoms with Gasteiger partial charge >= 0.3 is 6.09 Å². The lowest BCUT2D eigenvalue weighted by atomic mass is 9.95. The number of piperidine rings is 1. The van der Waals surface area contributed by atoms with Crippen molar-refractivity contribution in [3.63, 3.8) is 0 Å². The number of rotatable bonds is 1. The smallest absolute Gasteiger partial charge is 0.414 e. The van der Waals surface area contributed by atoms with Gasteiger partial charge in [0.2, 0.25) is 5.91 Å². The molecule has 1 aliphatic rings. The number of carbonyl (C=O) groups is 2. The highest BCUT2D eigenvalue weighted by molar-refractivity contribution is 5.92. The normalized spacial score (nSPS) is 20.0. The van der Waals surface area contributed by atoms with Crippen LogP contribution in [0.5, 0.6) is 0 Å². The fourth-order valence-electron chi connectivity index (χ4n) is 2.19. The predicted octanol–water partition coefficient (Wildman–Crippen LogP) is 2.70. The second-order valence-electron chi connectivity index (χ2n) is 4.16. The summed E-state index contributed by atoms with van der Waals surface area (Å²) in [5.74, 6) is -2.11. The van der Waals surface area contributed by atoms with Gasteiger partial charge < -0.3 is 5.11 Å². The van der Waals surface area contributed by atoms with Gasteiger partial charge in [0.25, 0.3) is 0 Å². The Labute approximate surface area is 102 Å². The van der Waals surface area contributed by atoms with E-state index in [0.717, 1.165) is 12.1 Å². The highest BCUT2D eigenvalue weighted by Crippen LogP contribution is 2.32. The number of carbonyl (C=O) groups excluding carboxylic acids is 1. The van der Waals surface area contributed by atoms with Crippen LogP contribution >= 0.6 is 0 Å².